The van der Waals surface area contributed by atoms with E-state index in [9.17, 15) is 9.59 Å². The highest BCUT2D eigenvalue weighted by molar-refractivity contribution is 6.09. The van der Waals surface area contributed by atoms with Crippen molar-refractivity contribution in [1.82, 2.24) is 19.8 Å². The van der Waals surface area contributed by atoms with Gasteiger partial charge in [-0.15, -0.1) is 0 Å². The third kappa shape index (κ3) is 3.46. The van der Waals surface area contributed by atoms with Crippen molar-refractivity contribution in [2.24, 2.45) is 0 Å². The number of likely N-dealkylation sites (tertiary alicyclic amines) is 1. The zero-order chi connectivity index (χ0) is 21.4. The van der Waals surface area contributed by atoms with Crippen LogP contribution >= 0.6 is 0 Å². The number of nitrogens with one attached hydrogen (secondary N) is 1. The van der Waals surface area contributed by atoms with E-state index in [0.29, 0.717) is 12.1 Å². The molecule has 158 valence electrons. The van der Waals surface area contributed by atoms with Crippen molar-refractivity contribution in [1.29, 1.82) is 0 Å². The molecule has 2 aromatic heterocycles. The molecule has 2 aliphatic heterocycles. The summed E-state index contributed by atoms with van der Waals surface area (Å²) in [5, 5.41) is 0. The Hall–Kier alpha value is -3.61. The molecule has 0 bridgehead atoms. The van der Waals surface area contributed by atoms with Gasteiger partial charge in [0.15, 0.2) is 5.78 Å². The second kappa shape index (κ2) is 7.91. The zero-order valence-corrected chi connectivity index (χ0v) is 17.5. The number of pyridine rings is 1. The van der Waals surface area contributed by atoms with Crippen molar-refractivity contribution in [3.05, 3.63) is 66.1 Å². The van der Waals surface area contributed by atoms with Gasteiger partial charge in [0.2, 0.25) is 0 Å². The first-order valence-electron chi connectivity index (χ1n) is 10.6. The van der Waals surface area contributed by atoms with Crippen molar-refractivity contribution in [2.45, 2.75) is 19.4 Å². The maximum Gasteiger partial charge on any atom is 0.320 e. The van der Waals surface area contributed by atoms with E-state index < -0.39 is 0 Å². The molecule has 0 atom stereocenters. The topological polar surface area (TPSA) is 72.5 Å². The Morgan fingerprint density at radius 1 is 1.00 bits per heavy atom. The second-order valence-corrected chi connectivity index (χ2v) is 8.09. The molecule has 0 unspecified atom stereocenters. The summed E-state index contributed by atoms with van der Waals surface area (Å²) in [6, 6.07) is 13.8. The minimum Gasteiger partial charge on any atom is -0.355 e. The fourth-order valence-corrected chi connectivity index (χ4v) is 4.55. The molecule has 1 saturated heterocycles. The van der Waals surface area contributed by atoms with Crippen LogP contribution in [-0.4, -0.2) is 58.3 Å². The van der Waals surface area contributed by atoms with Gasteiger partial charge in [-0.3, -0.25) is 9.78 Å². The number of carbonyl (C=O) groups excluding carboxylic acids is 2. The van der Waals surface area contributed by atoms with E-state index in [0.717, 1.165) is 54.3 Å². The number of benzene rings is 1. The number of carbonyl (C=O) groups is 2. The standard InChI is InChI=1S/C24H25N5O2/c1-27(18-7-3-2-4-8-18)23-21-19(26-22(23)17-9-11-25-12-10-17)15-29(16-20(21)30)24(31)28-13-5-6-14-28/h2-4,7-12,26H,5-6,13-16H2,1H3. The second-order valence-electron chi connectivity index (χ2n) is 8.09. The summed E-state index contributed by atoms with van der Waals surface area (Å²) in [4.78, 5) is 39.4. The highest BCUT2D eigenvalue weighted by Crippen LogP contribution is 2.41. The van der Waals surface area contributed by atoms with Crippen LogP contribution in [0.25, 0.3) is 11.3 Å². The normalized spacial score (nSPS) is 15.8. The molecular weight excluding hydrogens is 390 g/mol. The lowest BCUT2D eigenvalue weighted by Crippen LogP contribution is -2.46. The largest absolute Gasteiger partial charge is 0.355 e. The van der Waals surface area contributed by atoms with Crippen LogP contribution in [0.4, 0.5) is 16.2 Å². The number of H-pyrrole nitrogens is 1. The van der Waals surface area contributed by atoms with E-state index in [1.165, 1.54) is 0 Å². The summed E-state index contributed by atoms with van der Waals surface area (Å²) in [5.74, 6) is -0.0388. The lowest BCUT2D eigenvalue weighted by atomic mass is 10.0. The monoisotopic (exact) mass is 415 g/mol. The molecule has 2 amide bonds. The number of fused-ring (bicyclic) bond motifs is 1. The molecule has 0 saturated carbocycles. The van der Waals surface area contributed by atoms with Gasteiger partial charge in [0.05, 0.1) is 30.0 Å². The molecule has 5 rings (SSSR count). The van der Waals surface area contributed by atoms with E-state index in [2.05, 4.69) is 9.97 Å². The minimum absolute atomic E-state index is 0.0388. The molecule has 7 nitrogen and oxygen atoms in total. The number of hydrogen-bond acceptors (Lipinski definition) is 4. The number of hydrogen-bond donors (Lipinski definition) is 1. The lowest BCUT2D eigenvalue weighted by Gasteiger charge is -2.31. The third-order valence-corrected chi connectivity index (χ3v) is 6.11. The molecule has 0 radical (unpaired) electrons. The number of para-hydroxylation sites is 1. The van der Waals surface area contributed by atoms with Gasteiger partial charge in [-0.2, -0.15) is 0 Å². The molecule has 4 heterocycles. The van der Waals surface area contributed by atoms with E-state index in [4.69, 9.17) is 0 Å². The van der Waals surface area contributed by atoms with Crippen LogP contribution in [0.15, 0.2) is 54.9 Å². The number of urea groups is 1. The fraction of sp³-hybridized carbons (Fsp3) is 0.292. The number of nitrogens with zero attached hydrogens (tertiary/aromatic N) is 4. The summed E-state index contributed by atoms with van der Waals surface area (Å²) < 4.78 is 0. The number of aromatic amines is 1. The van der Waals surface area contributed by atoms with Crippen molar-refractivity contribution in [3.63, 3.8) is 0 Å². The van der Waals surface area contributed by atoms with Gasteiger partial charge < -0.3 is 19.7 Å². The predicted octanol–water partition coefficient (Wildman–Crippen LogP) is 4.06. The number of amides is 2. The van der Waals surface area contributed by atoms with E-state index >= 15 is 0 Å². The van der Waals surface area contributed by atoms with Crippen LogP contribution in [0.2, 0.25) is 0 Å². The quantitative estimate of drug-likeness (QED) is 0.700. The number of Topliss-reactive ketones (excluding diaryl/α,β-unsaturated/α-hetero) is 1. The number of ketones is 1. The first kappa shape index (κ1) is 19.4. The maximum absolute atomic E-state index is 13.3. The van der Waals surface area contributed by atoms with E-state index in [1.807, 2.05) is 59.3 Å². The molecule has 0 spiro atoms. The van der Waals surface area contributed by atoms with Crippen molar-refractivity contribution in [3.8, 4) is 11.3 Å². The van der Waals surface area contributed by atoms with Crippen LogP contribution in [0.3, 0.4) is 0 Å². The number of aromatic nitrogens is 2. The summed E-state index contributed by atoms with van der Waals surface area (Å²) in [7, 11) is 1.97. The Kier molecular flexibility index (Phi) is 4.94. The smallest absolute Gasteiger partial charge is 0.320 e. The maximum atomic E-state index is 13.3. The average Bonchev–Trinajstić information content (AvgIpc) is 3.48. The summed E-state index contributed by atoms with van der Waals surface area (Å²) >= 11 is 0. The Labute approximate surface area is 181 Å². The predicted molar refractivity (Wildman–Crippen MR) is 119 cm³/mol. The van der Waals surface area contributed by atoms with Gasteiger partial charge in [-0.05, 0) is 37.1 Å². The average molecular weight is 415 g/mol. The van der Waals surface area contributed by atoms with Crippen LogP contribution in [-0.2, 0) is 6.54 Å². The van der Waals surface area contributed by atoms with Crippen molar-refractivity contribution < 1.29 is 9.59 Å². The number of anilines is 2. The fourth-order valence-electron chi connectivity index (χ4n) is 4.55. The Bertz CT molecular complexity index is 1100. The summed E-state index contributed by atoms with van der Waals surface area (Å²) in [5.41, 5.74) is 5.10. The summed E-state index contributed by atoms with van der Waals surface area (Å²) in [6.07, 6.45) is 5.54. The Balaban J connectivity index is 1.58. The third-order valence-electron chi connectivity index (χ3n) is 6.11. The van der Waals surface area contributed by atoms with E-state index in [-0.39, 0.29) is 18.4 Å². The molecule has 1 N–H and O–H groups in total. The van der Waals surface area contributed by atoms with Gasteiger partial charge >= 0.3 is 6.03 Å². The van der Waals surface area contributed by atoms with Crippen molar-refractivity contribution in [2.75, 3.05) is 31.6 Å². The zero-order valence-electron chi connectivity index (χ0n) is 17.5. The van der Waals surface area contributed by atoms with Gasteiger partial charge in [-0.1, -0.05) is 18.2 Å². The van der Waals surface area contributed by atoms with Gasteiger partial charge in [0, 0.05) is 49.5 Å². The SMILES string of the molecule is CN(c1ccccc1)c1c(-c2ccncc2)[nH]c2c1C(=O)CN(C(=O)N1CCCC1)C2. The number of rotatable bonds is 3. The van der Waals surface area contributed by atoms with Crippen molar-refractivity contribution >= 4 is 23.2 Å². The Morgan fingerprint density at radius 2 is 1.71 bits per heavy atom. The van der Waals surface area contributed by atoms with Crippen LogP contribution in [0.1, 0.15) is 28.9 Å². The lowest BCUT2D eigenvalue weighted by molar-refractivity contribution is 0.0896. The molecule has 2 aliphatic rings. The highest BCUT2D eigenvalue weighted by Gasteiger charge is 2.35. The minimum atomic E-state index is -0.0467. The molecule has 1 aromatic carbocycles. The van der Waals surface area contributed by atoms with Crippen LogP contribution in [0.5, 0.6) is 0 Å². The molecule has 31 heavy (non-hydrogen) atoms. The van der Waals surface area contributed by atoms with Crippen LogP contribution < -0.4 is 4.90 Å². The first-order chi connectivity index (χ1) is 15.1. The molecular formula is C24H25N5O2. The first-order valence-corrected chi connectivity index (χ1v) is 10.6. The molecule has 3 aromatic rings. The van der Waals surface area contributed by atoms with Crippen LogP contribution in [0, 0.1) is 0 Å². The summed E-state index contributed by atoms with van der Waals surface area (Å²) in [6.45, 7) is 2.04. The van der Waals surface area contributed by atoms with Gasteiger partial charge in [0.1, 0.15) is 0 Å². The van der Waals surface area contributed by atoms with Gasteiger partial charge in [-0.25, -0.2) is 4.79 Å². The Morgan fingerprint density at radius 3 is 2.42 bits per heavy atom. The molecule has 7 heteroatoms. The van der Waals surface area contributed by atoms with E-state index in [1.54, 1.807) is 17.3 Å². The molecule has 0 aliphatic carbocycles. The van der Waals surface area contributed by atoms with Gasteiger partial charge in [0.25, 0.3) is 0 Å². The molecule has 1 fully saturated rings. The highest BCUT2D eigenvalue weighted by atomic mass is 16.2.